The monoisotopic (exact) mass is 651 g/mol. The van der Waals surface area contributed by atoms with E-state index in [1.54, 1.807) is 18.2 Å². The van der Waals surface area contributed by atoms with Crippen molar-refractivity contribution in [3.8, 4) is 0 Å². The Bertz CT molecular complexity index is 2270. The zero-order valence-electron chi connectivity index (χ0n) is 26.1. The fourth-order valence-corrected chi connectivity index (χ4v) is 5.97. The van der Waals surface area contributed by atoms with Gasteiger partial charge in [-0.2, -0.15) is 23.4 Å². The van der Waals surface area contributed by atoms with Crippen LogP contribution in [0.3, 0.4) is 0 Å². The van der Waals surface area contributed by atoms with Crippen molar-refractivity contribution in [2.75, 3.05) is 21.7 Å². The molecule has 0 unspecified atom stereocenters. The van der Waals surface area contributed by atoms with E-state index in [1.165, 1.54) is 29.8 Å². The molecule has 0 saturated heterocycles. The molecule has 0 amide bonds. The second-order valence-electron chi connectivity index (χ2n) is 11.4. The molecule has 8 N–H and O–H groups in total. The Morgan fingerprint density at radius 1 is 0.681 bits per heavy atom. The van der Waals surface area contributed by atoms with Gasteiger partial charge < -0.3 is 31.7 Å². The van der Waals surface area contributed by atoms with E-state index in [0.717, 1.165) is 45.6 Å². The Hall–Kier alpha value is -5.73. The lowest BCUT2D eigenvalue weighted by atomic mass is 9.96. The number of H-pyrrole nitrogens is 2. The maximum atomic E-state index is 11.7. The molecule has 14 heteroatoms. The summed E-state index contributed by atoms with van der Waals surface area (Å²) in [5.41, 5.74) is 16.3. The van der Waals surface area contributed by atoms with E-state index in [2.05, 4.69) is 65.1 Å². The fraction of sp³-hybridized carbons (Fsp3) is 0.152. The molecular weight excluding hydrogens is 618 g/mol. The number of aromatic nitrogens is 5. The maximum Gasteiger partial charge on any atom is 0.323 e. The van der Waals surface area contributed by atoms with Crippen LogP contribution in [0.4, 0.5) is 40.6 Å². The van der Waals surface area contributed by atoms with Gasteiger partial charge in [0.2, 0.25) is 17.8 Å². The average Bonchev–Trinajstić information content (AvgIpc) is 3.37. The minimum atomic E-state index is -4.34. The summed E-state index contributed by atoms with van der Waals surface area (Å²) in [5, 5.41) is 9.58. The first-order valence-electron chi connectivity index (χ1n) is 14.6. The lowest BCUT2D eigenvalue weighted by Crippen LogP contribution is -2.09. The number of nitrogens with one attached hydrogen (secondary N) is 5. The molecule has 0 saturated carbocycles. The van der Waals surface area contributed by atoms with Crippen molar-refractivity contribution in [1.82, 2.24) is 24.9 Å². The van der Waals surface area contributed by atoms with E-state index in [-0.39, 0.29) is 28.4 Å². The third kappa shape index (κ3) is 7.08. The highest BCUT2D eigenvalue weighted by Gasteiger charge is 2.14. The van der Waals surface area contributed by atoms with E-state index in [1.807, 2.05) is 27.7 Å². The van der Waals surface area contributed by atoms with Crippen LogP contribution in [0.25, 0.3) is 11.0 Å². The molecule has 0 spiro atoms. The number of hydrogen-bond donors (Lipinski definition) is 7. The van der Waals surface area contributed by atoms with Crippen molar-refractivity contribution in [3.63, 3.8) is 0 Å². The number of aromatic amines is 2. The Morgan fingerprint density at radius 3 is 1.74 bits per heavy atom. The first-order chi connectivity index (χ1) is 22.3. The van der Waals surface area contributed by atoms with Crippen LogP contribution in [0.1, 0.15) is 33.4 Å². The topological polar surface area (TPSA) is 204 Å². The molecule has 0 atom stereocenters. The highest BCUT2D eigenvalue weighted by molar-refractivity contribution is 7.85. The zero-order chi connectivity index (χ0) is 33.5. The SMILES string of the molecule is Cc1cc(Cc2cc(C)c(Nc3nc(Nc4ccc(S(=O)(=O)O)cc4)nc(Nc4ccc5[nH]c(=O)[nH]c5c4)n3)c(C)c2)cc(C)c1N. The van der Waals surface area contributed by atoms with Gasteiger partial charge in [-0.1, -0.05) is 24.3 Å². The number of benzene rings is 4. The number of nitrogens with zero attached hydrogens (tertiary/aromatic N) is 3. The van der Waals surface area contributed by atoms with Crippen LogP contribution in [0.15, 0.2) is 76.4 Å². The van der Waals surface area contributed by atoms with Crippen LogP contribution in [0, 0.1) is 27.7 Å². The molecule has 0 radical (unpaired) electrons. The molecule has 240 valence electrons. The average molecular weight is 652 g/mol. The number of aryl methyl sites for hydroxylation is 4. The smallest absolute Gasteiger partial charge is 0.323 e. The molecule has 0 aliphatic carbocycles. The van der Waals surface area contributed by atoms with Crippen LogP contribution >= 0.6 is 0 Å². The zero-order valence-corrected chi connectivity index (χ0v) is 26.9. The van der Waals surface area contributed by atoms with E-state index >= 15 is 0 Å². The van der Waals surface area contributed by atoms with Gasteiger partial charge in [0.05, 0.1) is 15.9 Å². The molecule has 0 aliphatic heterocycles. The third-order valence-electron chi connectivity index (χ3n) is 7.71. The quantitative estimate of drug-likeness (QED) is 0.0721. The minimum Gasteiger partial charge on any atom is -0.398 e. The second-order valence-corrected chi connectivity index (χ2v) is 12.9. The van der Waals surface area contributed by atoms with Gasteiger partial charge in [0.1, 0.15) is 0 Å². The van der Waals surface area contributed by atoms with Crippen LogP contribution < -0.4 is 27.4 Å². The van der Waals surface area contributed by atoms with Crippen molar-refractivity contribution in [1.29, 1.82) is 0 Å². The predicted molar refractivity (Wildman–Crippen MR) is 184 cm³/mol. The van der Waals surface area contributed by atoms with Gasteiger partial charge in [-0.15, -0.1) is 0 Å². The number of nitrogens with two attached hydrogens (primary N) is 1. The van der Waals surface area contributed by atoms with Gasteiger partial charge in [0.15, 0.2) is 0 Å². The van der Waals surface area contributed by atoms with E-state index in [9.17, 15) is 17.8 Å². The fourth-order valence-electron chi connectivity index (χ4n) is 5.49. The minimum absolute atomic E-state index is 0.168. The number of imidazole rings is 1. The van der Waals surface area contributed by atoms with Crippen LogP contribution in [0.5, 0.6) is 0 Å². The summed E-state index contributed by atoms with van der Waals surface area (Å²) in [4.78, 5) is 30.6. The number of anilines is 7. The van der Waals surface area contributed by atoms with E-state index in [0.29, 0.717) is 22.4 Å². The van der Waals surface area contributed by atoms with Gasteiger partial charge in [-0.25, -0.2) is 4.79 Å². The summed E-state index contributed by atoms with van der Waals surface area (Å²) in [6, 6.07) is 19.3. The molecule has 0 bridgehead atoms. The highest BCUT2D eigenvalue weighted by atomic mass is 32.2. The molecule has 0 fully saturated rings. The number of hydrogen-bond acceptors (Lipinski definition) is 10. The normalized spacial score (nSPS) is 11.5. The van der Waals surface area contributed by atoms with Crippen molar-refractivity contribution < 1.29 is 13.0 Å². The standard InChI is InChI=1S/C33H33N9O4S/c1-17-11-21(12-18(2)28(17)34)15-22-13-19(3)29(20(4)14-22)39-32-41-30(35-23-5-8-25(9-6-23)47(44,45)46)40-31(42-32)36-24-7-10-26-27(16-24)38-33(43)37-26/h5-14,16H,15,34H2,1-4H3,(H2,37,38,43)(H,44,45,46)(H3,35,36,39,40,41,42). The lowest BCUT2D eigenvalue weighted by molar-refractivity contribution is 0.483. The van der Waals surface area contributed by atoms with Gasteiger partial charge in [0, 0.05) is 22.7 Å². The molecule has 47 heavy (non-hydrogen) atoms. The molecule has 2 heterocycles. The molecule has 4 aromatic carbocycles. The van der Waals surface area contributed by atoms with Crippen LogP contribution in [-0.4, -0.2) is 37.9 Å². The first-order valence-corrected chi connectivity index (χ1v) is 16.1. The number of fused-ring (bicyclic) bond motifs is 1. The van der Waals surface area contributed by atoms with Gasteiger partial charge in [0.25, 0.3) is 10.1 Å². The predicted octanol–water partition coefficient (Wildman–Crippen LogP) is 5.93. The van der Waals surface area contributed by atoms with Crippen molar-refractivity contribution >= 4 is 61.7 Å². The van der Waals surface area contributed by atoms with Gasteiger partial charge in [-0.3, -0.25) is 4.55 Å². The highest BCUT2D eigenvalue weighted by Crippen LogP contribution is 2.29. The summed E-state index contributed by atoms with van der Waals surface area (Å²) in [6.07, 6.45) is 0.755. The van der Waals surface area contributed by atoms with E-state index < -0.39 is 10.1 Å². The Kier molecular flexibility index (Phi) is 8.13. The maximum absolute atomic E-state index is 11.7. The Balaban J connectivity index is 1.32. The summed E-state index contributed by atoms with van der Waals surface area (Å²) in [6.45, 7) is 8.07. The summed E-state index contributed by atoms with van der Waals surface area (Å²) in [7, 11) is -4.34. The molecular formula is C33H33N9O4S. The van der Waals surface area contributed by atoms with Gasteiger partial charge >= 0.3 is 5.69 Å². The summed E-state index contributed by atoms with van der Waals surface area (Å²) >= 11 is 0. The molecule has 0 aliphatic rings. The molecule has 6 aromatic rings. The van der Waals surface area contributed by atoms with Crippen LogP contribution in [-0.2, 0) is 16.5 Å². The molecule has 6 rings (SSSR count). The van der Waals surface area contributed by atoms with Crippen LogP contribution in [0.2, 0.25) is 0 Å². The largest absolute Gasteiger partial charge is 0.398 e. The van der Waals surface area contributed by atoms with Gasteiger partial charge in [-0.05, 0) is 110 Å². The summed E-state index contributed by atoms with van der Waals surface area (Å²) in [5.74, 6) is 0.624. The second kappa shape index (κ2) is 12.2. The van der Waals surface area contributed by atoms with Crippen molar-refractivity contribution in [2.24, 2.45) is 0 Å². The van der Waals surface area contributed by atoms with Crippen molar-refractivity contribution in [2.45, 2.75) is 39.0 Å². The summed E-state index contributed by atoms with van der Waals surface area (Å²) < 4.78 is 32.3. The number of nitrogen functional groups attached to an aromatic ring is 1. The lowest BCUT2D eigenvalue weighted by Gasteiger charge is -2.16. The number of rotatable bonds is 9. The first kappa shape index (κ1) is 31.3. The molecule has 2 aromatic heterocycles. The Morgan fingerprint density at radius 2 is 1.17 bits per heavy atom. The Labute approximate surface area is 270 Å². The third-order valence-corrected chi connectivity index (χ3v) is 8.57. The van der Waals surface area contributed by atoms with E-state index in [4.69, 9.17) is 5.73 Å². The molecule has 13 nitrogen and oxygen atoms in total. The van der Waals surface area contributed by atoms with Crippen molar-refractivity contribution in [3.05, 3.63) is 111 Å².